The highest BCUT2D eigenvalue weighted by molar-refractivity contribution is 6.31. The van der Waals surface area contributed by atoms with E-state index in [9.17, 15) is 18.0 Å². The molecule has 0 aliphatic heterocycles. The summed E-state index contributed by atoms with van der Waals surface area (Å²) in [5.41, 5.74) is -0.571. The van der Waals surface area contributed by atoms with Gasteiger partial charge in [-0.2, -0.15) is 13.2 Å². The maximum absolute atomic E-state index is 12.8. The molecule has 0 saturated carbocycles. The Bertz CT molecular complexity index is 910. The van der Waals surface area contributed by atoms with Gasteiger partial charge in [-0.25, -0.2) is 0 Å². The van der Waals surface area contributed by atoms with Crippen molar-refractivity contribution in [3.8, 4) is 11.3 Å². The van der Waals surface area contributed by atoms with Crippen LogP contribution >= 0.6 is 11.6 Å². The molecule has 0 aliphatic carbocycles. The van der Waals surface area contributed by atoms with Crippen LogP contribution in [0.5, 0.6) is 0 Å². The van der Waals surface area contributed by atoms with Crippen molar-refractivity contribution in [2.24, 2.45) is 0 Å². The van der Waals surface area contributed by atoms with Crippen LogP contribution < -0.4 is 5.32 Å². The zero-order valence-electron chi connectivity index (χ0n) is 12.3. The summed E-state index contributed by atoms with van der Waals surface area (Å²) in [6, 6.07) is 7.84. The number of pyridine rings is 1. The van der Waals surface area contributed by atoms with Crippen molar-refractivity contribution in [2.45, 2.75) is 6.18 Å². The Labute approximate surface area is 144 Å². The fourth-order valence-corrected chi connectivity index (χ4v) is 2.27. The van der Waals surface area contributed by atoms with Gasteiger partial charge in [0.1, 0.15) is 0 Å². The number of rotatable bonds is 3. The van der Waals surface area contributed by atoms with E-state index in [1.54, 1.807) is 18.3 Å². The van der Waals surface area contributed by atoms with Crippen molar-refractivity contribution in [3.05, 3.63) is 65.1 Å². The number of carbonyl (C=O) groups is 1. The van der Waals surface area contributed by atoms with Crippen LogP contribution in [0.15, 0.2) is 53.3 Å². The van der Waals surface area contributed by atoms with Crippen molar-refractivity contribution >= 4 is 23.2 Å². The van der Waals surface area contributed by atoms with Crippen molar-refractivity contribution in [2.75, 3.05) is 5.32 Å². The molecule has 0 saturated heterocycles. The number of hydrogen-bond donors (Lipinski definition) is 1. The summed E-state index contributed by atoms with van der Waals surface area (Å²) < 4.78 is 43.6. The summed E-state index contributed by atoms with van der Waals surface area (Å²) in [4.78, 5) is 16.1. The van der Waals surface area contributed by atoms with Gasteiger partial charge in [-0.05, 0) is 30.3 Å². The lowest BCUT2D eigenvalue weighted by molar-refractivity contribution is -0.137. The van der Waals surface area contributed by atoms with Crippen LogP contribution in [-0.4, -0.2) is 16.0 Å². The number of hydrogen-bond acceptors (Lipinski definition) is 4. The first-order chi connectivity index (χ1) is 11.8. The zero-order chi connectivity index (χ0) is 18.0. The van der Waals surface area contributed by atoms with E-state index in [1.165, 1.54) is 18.3 Å². The van der Waals surface area contributed by atoms with E-state index in [1.807, 2.05) is 0 Å². The molecule has 0 fully saturated rings. The summed E-state index contributed by atoms with van der Waals surface area (Å²) in [6.07, 6.45) is -1.53. The predicted octanol–water partition coefficient (Wildman–Crippen LogP) is 4.66. The van der Waals surface area contributed by atoms with Crippen molar-refractivity contribution < 1.29 is 22.5 Å². The number of halogens is 4. The first-order valence-corrected chi connectivity index (χ1v) is 7.27. The van der Waals surface area contributed by atoms with E-state index < -0.39 is 22.7 Å². The van der Waals surface area contributed by atoms with E-state index in [0.29, 0.717) is 11.3 Å². The molecule has 0 spiro atoms. The summed E-state index contributed by atoms with van der Waals surface area (Å²) in [6.45, 7) is 0. The number of anilines is 1. The molecular weight excluding hydrogens is 359 g/mol. The second-order valence-corrected chi connectivity index (χ2v) is 5.37. The zero-order valence-corrected chi connectivity index (χ0v) is 13.1. The minimum atomic E-state index is -4.63. The average Bonchev–Trinajstić information content (AvgIpc) is 3.06. The van der Waals surface area contributed by atoms with Gasteiger partial charge in [0.05, 0.1) is 10.6 Å². The molecular formula is C16H9ClF3N3O2. The first-order valence-electron chi connectivity index (χ1n) is 6.90. The SMILES string of the molecule is O=C(Nc1ccc(Cl)c(C(F)(F)F)c1)c1cc(-c2cccnc2)on1. The monoisotopic (exact) mass is 367 g/mol. The van der Waals surface area contributed by atoms with Gasteiger partial charge in [0.15, 0.2) is 11.5 Å². The molecule has 0 aliphatic rings. The van der Waals surface area contributed by atoms with E-state index in [-0.39, 0.29) is 11.4 Å². The van der Waals surface area contributed by atoms with Gasteiger partial charge in [-0.1, -0.05) is 16.8 Å². The second kappa shape index (κ2) is 6.56. The molecule has 2 heterocycles. The Morgan fingerprint density at radius 3 is 2.68 bits per heavy atom. The summed E-state index contributed by atoms with van der Waals surface area (Å²) in [5, 5.41) is 5.49. The van der Waals surface area contributed by atoms with Crippen LogP contribution in [0, 0.1) is 0 Å². The normalized spacial score (nSPS) is 11.4. The minimum absolute atomic E-state index is 0.0624. The van der Waals surface area contributed by atoms with Gasteiger partial charge in [-0.15, -0.1) is 0 Å². The number of carbonyl (C=O) groups excluding carboxylic acids is 1. The molecule has 5 nitrogen and oxygen atoms in total. The average molecular weight is 368 g/mol. The molecule has 1 N–H and O–H groups in total. The lowest BCUT2D eigenvalue weighted by Gasteiger charge is -2.11. The molecule has 0 bridgehead atoms. The van der Waals surface area contributed by atoms with E-state index in [2.05, 4.69) is 15.5 Å². The number of aromatic nitrogens is 2. The third kappa shape index (κ3) is 3.80. The molecule has 128 valence electrons. The highest BCUT2D eigenvalue weighted by Gasteiger charge is 2.33. The van der Waals surface area contributed by atoms with Crippen LogP contribution in [0.4, 0.5) is 18.9 Å². The number of nitrogens with one attached hydrogen (secondary N) is 1. The van der Waals surface area contributed by atoms with Crippen LogP contribution in [0.2, 0.25) is 5.02 Å². The molecule has 0 unspecified atom stereocenters. The number of amides is 1. The second-order valence-electron chi connectivity index (χ2n) is 4.96. The third-order valence-corrected chi connectivity index (χ3v) is 3.55. The van der Waals surface area contributed by atoms with Crippen molar-refractivity contribution in [1.29, 1.82) is 0 Å². The third-order valence-electron chi connectivity index (χ3n) is 3.22. The van der Waals surface area contributed by atoms with Crippen LogP contribution in [-0.2, 0) is 6.18 Å². The van der Waals surface area contributed by atoms with Crippen molar-refractivity contribution in [3.63, 3.8) is 0 Å². The Morgan fingerprint density at radius 2 is 2.00 bits per heavy atom. The number of alkyl halides is 3. The van der Waals surface area contributed by atoms with Gasteiger partial charge in [0.2, 0.25) is 0 Å². The van der Waals surface area contributed by atoms with Gasteiger partial charge in [0.25, 0.3) is 5.91 Å². The molecule has 0 atom stereocenters. The largest absolute Gasteiger partial charge is 0.417 e. The molecule has 9 heteroatoms. The van der Waals surface area contributed by atoms with E-state index in [4.69, 9.17) is 16.1 Å². The summed E-state index contributed by atoms with van der Waals surface area (Å²) >= 11 is 5.54. The Balaban J connectivity index is 1.81. The van der Waals surface area contributed by atoms with Gasteiger partial charge < -0.3 is 9.84 Å². The highest BCUT2D eigenvalue weighted by atomic mass is 35.5. The summed E-state index contributed by atoms with van der Waals surface area (Å²) in [7, 11) is 0. The van der Waals surface area contributed by atoms with Crippen LogP contribution in [0.3, 0.4) is 0 Å². The van der Waals surface area contributed by atoms with Gasteiger partial charge in [0, 0.05) is 29.7 Å². The van der Waals surface area contributed by atoms with Crippen molar-refractivity contribution in [1.82, 2.24) is 10.1 Å². The first kappa shape index (κ1) is 17.0. The lowest BCUT2D eigenvalue weighted by atomic mass is 10.2. The Kier molecular flexibility index (Phi) is 4.45. The fraction of sp³-hybridized carbons (Fsp3) is 0.0625. The molecule has 1 amide bonds. The molecule has 0 radical (unpaired) electrons. The molecule has 1 aromatic carbocycles. The number of benzene rings is 1. The van der Waals surface area contributed by atoms with E-state index in [0.717, 1.165) is 12.1 Å². The lowest BCUT2D eigenvalue weighted by Crippen LogP contribution is -2.13. The standard InChI is InChI=1S/C16H9ClF3N3O2/c17-12-4-3-10(6-11(12)16(18,19)20)22-15(24)13-7-14(25-23-13)9-2-1-5-21-8-9/h1-8H,(H,22,24). The number of nitrogens with zero attached hydrogens (tertiary/aromatic N) is 2. The maximum atomic E-state index is 12.8. The Hall–Kier alpha value is -2.87. The van der Waals surface area contributed by atoms with Gasteiger partial charge >= 0.3 is 6.18 Å². The smallest absolute Gasteiger partial charge is 0.355 e. The molecule has 3 rings (SSSR count). The summed E-state index contributed by atoms with van der Waals surface area (Å²) in [5.74, 6) is -0.403. The van der Waals surface area contributed by atoms with Crippen LogP contribution in [0.25, 0.3) is 11.3 Å². The quantitative estimate of drug-likeness (QED) is 0.731. The van der Waals surface area contributed by atoms with Gasteiger partial charge in [-0.3, -0.25) is 9.78 Å². The predicted molar refractivity (Wildman–Crippen MR) is 84.1 cm³/mol. The minimum Gasteiger partial charge on any atom is -0.355 e. The molecule has 3 aromatic rings. The highest BCUT2D eigenvalue weighted by Crippen LogP contribution is 2.36. The fourth-order valence-electron chi connectivity index (χ4n) is 2.04. The van der Waals surface area contributed by atoms with Crippen LogP contribution in [0.1, 0.15) is 16.1 Å². The topological polar surface area (TPSA) is 68.0 Å². The maximum Gasteiger partial charge on any atom is 0.417 e. The molecule has 2 aromatic heterocycles. The van der Waals surface area contributed by atoms with E-state index >= 15 is 0 Å². The molecule has 25 heavy (non-hydrogen) atoms. The Morgan fingerprint density at radius 1 is 1.20 bits per heavy atom.